The molecule has 0 saturated heterocycles. The topological polar surface area (TPSA) is 63.8 Å². The predicted molar refractivity (Wildman–Crippen MR) is 59.0 cm³/mol. The monoisotopic (exact) mass is 238 g/mol. The minimum Gasteiger partial charge on any atom is -0.390 e. The van der Waals surface area contributed by atoms with Crippen molar-refractivity contribution in [2.75, 3.05) is 0 Å². The van der Waals surface area contributed by atoms with Crippen LogP contribution in [0.25, 0.3) is 0 Å². The summed E-state index contributed by atoms with van der Waals surface area (Å²) in [7, 11) is 0. The van der Waals surface area contributed by atoms with Gasteiger partial charge in [-0.3, -0.25) is 0 Å². The van der Waals surface area contributed by atoms with Crippen LogP contribution in [0.5, 0.6) is 0 Å². The molecule has 0 saturated carbocycles. The van der Waals surface area contributed by atoms with Gasteiger partial charge >= 0.3 is 0 Å². The molecule has 5 nitrogen and oxygen atoms in total. The first-order chi connectivity index (χ1) is 7.69. The van der Waals surface area contributed by atoms with Crippen molar-refractivity contribution in [3.63, 3.8) is 0 Å². The zero-order valence-electron chi connectivity index (χ0n) is 8.76. The number of rotatable bonds is 3. The lowest BCUT2D eigenvalue weighted by Crippen LogP contribution is -2.03. The molecule has 0 amide bonds. The highest BCUT2D eigenvalue weighted by atomic mass is 35.5. The number of pyridine rings is 1. The van der Waals surface area contributed by atoms with Gasteiger partial charge in [-0.05, 0) is 18.6 Å². The van der Waals surface area contributed by atoms with Crippen molar-refractivity contribution in [1.29, 1.82) is 0 Å². The Hall–Kier alpha value is -1.46. The standard InChI is InChI=1S/C10H11ClN4O/c1-7-8(2-3-10(11)12-7)4-15-5-9(6-16)13-14-15/h2-3,5,16H,4,6H2,1H3. The van der Waals surface area contributed by atoms with Gasteiger partial charge in [0.05, 0.1) is 19.3 Å². The maximum atomic E-state index is 8.86. The van der Waals surface area contributed by atoms with E-state index in [0.29, 0.717) is 17.4 Å². The van der Waals surface area contributed by atoms with Gasteiger partial charge in [-0.1, -0.05) is 22.9 Å². The number of aromatic nitrogens is 4. The molecule has 0 fully saturated rings. The van der Waals surface area contributed by atoms with Crippen LogP contribution in [0.1, 0.15) is 17.0 Å². The lowest BCUT2D eigenvalue weighted by Gasteiger charge is -2.04. The Labute approximate surface area is 97.7 Å². The van der Waals surface area contributed by atoms with E-state index in [9.17, 15) is 0 Å². The zero-order valence-corrected chi connectivity index (χ0v) is 9.52. The van der Waals surface area contributed by atoms with E-state index >= 15 is 0 Å². The summed E-state index contributed by atoms with van der Waals surface area (Å²) in [5.74, 6) is 0. The Morgan fingerprint density at radius 1 is 1.44 bits per heavy atom. The minimum atomic E-state index is -0.0994. The van der Waals surface area contributed by atoms with E-state index in [1.54, 1.807) is 16.9 Å². The van der Waals surface area contributed by atoms with Gasteiger partial charge < -0.3 is 5.11 Å². The molecule has 0 radical (unpaired) electrons. The molecule has 2 rings (SSSR count). The molecule has 0 aromatic carbocycles. The fraction of sp³-hybridized carbons (Fsp3) is 0.300. The summed E-state index contributed by atoms with van der Waals surface area (Å²) >= 11 is 5.77. The Morgan fingerprint density at radius 2 is 2.25 bits per heavy atom. The second kappa shape index (κ2) is 4.59. The molecule has 1 N–H and O–H groups in total. The summed E-state index contributed by atoms with van der Waals surface area (Å²) in [5.41, 5.74) is 2.45. The van der Waals surface area contributed by atoms with E-state index in [1.165, 1.54) is 0 Å². The van der Waals surface area contributed by atoms with Gasteiger partial charge in [-0.25, -0.2) is 9.67 Å². The van der Waals surface area contributed by atoms with Crippen LogP contribution in [0.2, 0.25) is 5.15 Å². The summed E-state index contributed by atoms with van der Waals surface area (Å²) in [5, 5.41) is 17.0. The Balaban J connectivity index is 2.20. The van der Waals surface area contributed by atoms with Crippen molar-refractivity contribution in [2.45, 2.75) is 20.1 Å². The first kappa shape index (κ1) is 11.0. The van der Waals surface area contributed by atoms with E-state index in [2.05, 4.69) is 15.3 Å². The number of halogens is 1. The summed E-state index contributed by atoms with van der Waals surface area (Å²) in [6.45, 7) is 2.37. The number of hydrogen-bond donors (Lipinski definition) is 1. The van der Waals surface area contributed by atoms with Gasteiger partial charge in [0.2, 0.25) is 0 Å². The van der Waals surface area contributed by atoms with Crippen molar-refractivity contribution in [3.05, 3.63) is 40.4 Å². The van der Waals surface area contributed by atoms with E-state index in [-0.39, 0.29) is 6.61 Å². The summed E-state index contributed by atoms with van der Waals surface area (Å²) in [6.07, 6.45) is 1.70. The summed E-state index contributed by atoms with van der Waals surface area (Å²) in [6, 6.07) is 3.65. The lowest BCUT2D eigenvalue weighted by atomic mass is 10.2. The molecule has 2 heterocycles. The van der Waals surface area contributed by atoms with Gasteiger partial charge in [0.15, 0.2) is 0 Å². The summed E-state index contributed by atoms with van der Waals surface area (Å²) < 4.78 is 1.66. The van der Waals surface area contributed by atoms with Crippen molar-refractivity contribution >= 4 is 11.6 Å². The van der Waals surface area contributed by atoms with E-state index in [0.717, 1.165) is 11.3 Å². The molecule has 0 spiro atoms. The third-order valence-corrected chi connectivity index (χ3v) is 2.45. The van der Waals surface area contributed by atoms with Crippen LogP contribution in [0, 0.1) is 6.92 Å². The van der Waals surface area contributed by atoms with Gasteiger partial charge in [0.1, 0.15) is 10.8 Å². The molecule has 0 aliphatic heterocycles. The molecule has 84 valence electrons. The van der Waals surface area contributed by atoms with Crippen molar-refractivity contribution in [1.82, 2.24) is 20.0 Å². The summed E-state index contributed by atoms with van der Waals surface area (Å²) in [4.78, 5) is 4.15. The van der Waals surface area contributed by atoms with Crippen molar-refractivity contribution in [3.8, 4) is 0 Å². The fourth-order valence-corrected chi connectivity index (χ4v) is 1.58. The molecule has 2 aromatic heterocycles. The van der Waals surface area contributed by atoms with Crippen LogP contribution in [0.3, 0.4) is 0 Å². The Morgan fingerprint density at radius 3 is 2.88 bits per heavy atom. The van der Waals surface area contributed by atoms with Crippen LogP contribution in [-0.4, -0.2) is 25.1 Å². The lowest BCUT2D eigenvalue weighted by molar-refractivity contribution is 0.276. The molecule has 0 aliphatic carbocycles. The van der Waals surface area contributed by atoms with E-state index in [1.807, 2.05) is 13.0 Å². The van der Waals surface area contributed by atoms with Crippen LogP contribution in [0.4, 0.5) is 0 Å². The average Bonchev–Trinajstić information content (AvgIpc) is 2.70. The highest BCUT2D eigenvalue weighted by Gasteiger charge is 2.04. The van der Waals surface area contributed by atoms with Gasteiger partial charge in [0.25, 0.3) is 0 Å². The first-order valence-electron chi connectivity index (χ1n) is 4.81. The van der Waals surface area contributed by atoms with E-state index in [4.69, 9.17) is 16.7 Å². The number of aryl methyl sites for hydroxylation is 1. The number of nitrogens with zero attached hydrogens (tertiary/aromatic N) is 4. The highest BCUT2D eigenvalue weighted by molar-refractivity contribution is 6.29. The Bertz CT molecular complexity index is 497. The maximum Gasteiger partial charge on any atom is 0.129 e. The third-order valence-electron chi connectivity index (χ3n) is 2.24. The molecule has 0 bridgehead atoms. The number of hydrogen-bond acceptors (Lipinski definition) is 4. The van der Waals surface area contributed by atoms with Gasteiger partial charge in [0, 0.05) is 5.69 Å². The quantitative estimate of drug-likeness (QED) is 0.816. The Kier molecular flexibility index (Phi) is 3.17. The zero-order chi connectivity index (χ0) is 11.5. The number of aliphatic hydroxyl groups excluding tert-OH is 1. The molecule has 2 aromatic rings. The molecule has 0 atom stereocenters. The largest absolute Gasteiger partial charge is 0.390 e. The van der Waals surface area contributed by atoms with Crippen LogP contribution < -0.4 is 0 Å². The smallest absolute Gasteiger partial charge is 0.129 e. The molecule has 16 heavy (non-hydrogen) atoms. The van der Waals surface area contributed by atoms with Gasteiger partial charge in [-0.15, -0.1) is 5.10 Å². The maximum absolute atomic E-state index is 8.86. The van der Waals surface area contributed by atoms with E-state index < -0.39 is 0 Å². The van der Waals surface area contributed by atoms with Crippen LogP contribution in [0.15, 0.2) is 18.3 Å². The van der Waals surface area contributed by atoms with Crippen molar-refractivity contribution in [2.24, 2.45) is 0 Å². The fourth-order valence-electron chi connectivity index (χ4n) is 1.39. The molecule has 6 heteroatoms. The normalized spacial score (nSPS) is 10.7. The first-order valence-corrected chi connectivity index (χ1v) is 5.18. The van der Waals surface area contributed by atoms with Crippen LogP contribution in [-0.2, 0) is 13.2 Å². The second-order valence-electron chi connectivity index (χ2n) is 3.44. The molecule has 0 aliphatic rings. The highest BCUT2D eigenvalue weighted by Crippen LogP contribution is 2.11. The van der Waals surface area contributed by atoms with Crippen LogP contribution >= 0.6 is 11.6 Å². The number of aliphatic hydroxyl groups is 1. The second-order valence-corrected chi connectivity index (χ2v) is 3.83. The molecular formula is C10H11ClN4O. The SMILES string of the molecule is Cc1nc(Cl)ccc1Cn1cc(CO)nn1. The van der Waals surface area contributed by atoms with Gasteiger partial charge in [-0.2, -0.15) is 0 Å². The average molecular weight is 239 g/mol. The third kappa shape index (κ3) is 2.37. The molecule has 0 unspecified atom stereocenters. The minimum absolute atomic E-state index is 0.0994. The molecular weight excluding hydrogens is 228 g/mol. The predicted octanol–water partition coefficient (Wildman–Crippen LogP) is 1.18. The van der Waals surface area contributed by atoms with Crippen molar-refractivity contribution < 1.29 is 5.11 Å².